The molecule has 0 saturated carbocycles. The molecule has 0 aliphatic rings. The number of ether oxygens (including phenoxy) is 2. The first kappa shape index (κ1) is 46.9. The number of hydrogen-bond acceptors (Lipinski definition) is 8. The normalized spacial score (nSPS) is 14.4. The lowest BCUT2D eigenvalue weighted by Gasteiger charge is -2.18. The van der Waals surface area contributed by atoms with Crippen LogP contribution in [0.2, 0.25) is 0 Å². The van der Waals surface area contributed by atoms with Gasteiger partial charge in [0.15, 0.2) is 6.10 Å². The van der Waals surface area contributed by atoms with Crippen molar-refractivity contribution < 1.29 is 48.2 Å². The molecule has 0 unspecified atom stereocenters. The number of carbonyl (C=O) groups is 2. The summed E-state index contributed by atoms with van der Waals surface area (Å²) >= 11 is 0. The van der Waals surface area contributed by atoms with Gasteiger partial charge in [-0.25, -0.2) is 4.57 Å². The van der Waals surface area contributed by atoms with Crippen molar-refractivity contribution in [2.45, 2.75) is 161 Å². The van der Waals surface area contributed by atoms with E-state index in [1.54, 1.807) is 36.5 Å². The summed E-state index contributed by atoms with van der Waals surface area (Å²) in [5.74, 6) is -0.364. The molecule has 0 aliphatic heterocycles. The summed E-state index contributed by atoms with van der Waals surface area (Å²) in [6, 6.07) is 0. The summed E-state index contributed by atoms with van der Waals surface area (Å²) in [4.78, 5) is 42.7. The van der Waals surface area contributed by atoms with E-state index in [4.69, 9.17) is 19.3 Å². The fourth-order valence-corrected chi connectivity index (χ4v) is 5.23. The lowest BCUT2D eigenvalue weighted by Crippen LogP contribution is -2.29. The number of aliphatic hydroxyl groups excluding tert-OH is 2. The SMILES string of the molecule is CCCCC/C=C\C[C@@H](O)/C=C/C=C/C=C\[C@@H](O)CCCC(=O)OC[C@H](COP(=O)(O)O)OC(=O)CCCCCCCCCCCC(C)C. The van der Waals surface area contributed by atoms with E-state index in [1.807, 2.05) is 6.08 Å². The minimum Gasteiger partial charge on any atom is -0.462 e. The van der Waals surface area contributed by atoms with E-state index in [9.17, 15) is 24.4 Å². The summed E-state index contributed by atoms with van der Waals surface area (Å²) in [5, 5.41) is 20.1. The van der Waals surface area contributed by atoms with E-state index in [0.29, 0.717) is 25.7 Å². The molecular weight excluding hydrogens is 647 g/mol. The molecule has 0 radical (unpaired) electrons. The van der Waals surface area contributed by atoms with Crippen LogP contribution in [0.1, 0.15) is 143 Å². The predicted molar refractivity (Wildman–Crippen MR) is 196 cm³/mol. The fourth-order valence-electron chi connectivity index (χ4n) is 4.87. The highest BCUT2D eigenvalue weighted by Crippen LogP contribution is 2.36. The molecule has 0 aromatic carbocycles. The number of rotatable bonds is 32. The monoisotopic (exact) mass is 714 g/mol. The lowest BCUT2D eigenvalue weighted by atomic mass is 10.0. The van der Waals surface area contributed by atoms with Gasteiger partial charge >= 0.3 is 19.8 Å². The van der Waals surface area contributed by atoms with Crippen LogP contribution in [0, 0.1) is 5.92 Å². The van der Waals surface area contributed by atoms with Crippen LogP contribution in [0.15, 0.2) is 48.6 Å². The summed E-state index contributed by atoms with van der Waals surface area (Å²) in [6.07, 6.45) is 29.1. The first-order valence-corrected chi connectivity index (χ1v) is 20.0. The van der Waals surface area contributed by atoms with Crippen molar-refractivity contribution in [3.05, 3.63) is 48.6 Å². The van der Waals surface area contributed by atoms with Gasteiger partial charge in [-0.15, -0.1) is 0 Å². The van der Waals surface area contributed by atoms with Gasteiger partial charge in [-0.1, -0.05) is 140 Å². The Balaban J connectivity index is 4.28. The number of allylic oxidation sites excluding steroid dienone is 5. The maximum absolute atomic E-state index is 12.3. The molecule has 0 rings (SSSR count). The molecule has 10 nitrogen and oxygen atoms in total. The number of carbonyl (C=O) groups excluding carboxylic acids is 2. The smallest absolute Gasteiger partial charge is 0.462 e. The Morgan fingerprint density at radius 2 is 1.27 bits per heavy atom. The Morgan fingerprint density at radius 3 is 1.88 bits per heavy atom. The number of phosphoric ester groups is 1. The van der Waals surface area contributed by atoms with Gasteiger partial charge in [0.25, 0.3) is 0 Å². The molecule has 284 valence electrons. The third-order valence-electron chi connectivity index (χ3n) is 7.72. The van der Waals surface area contributed by atoms with Crippen molar-refractivity contribution >= 4 is 19.8 Å². The number of unbranched alkanes of at least 4 members (excludes halogenated alkanes) is 11. The molecule has 0 aliphatic carbocycles. The maximum Gasteiger partial charge on any atom is 0.469 e. The molecule has 49 heavy (non-hydrogen) atoms. The Hall–Kier alpha value is -2.07. The van der Waals surface area contributed by atoms with Crippen LogP contribution in [0.4, 0.5) is 0 Å². The third-order valence-corrected chi connectivity index (χ3v) is 8.20. The molecule has 0 aromatic rings. The van der Waals surface area contributed by atoms with Crippen LogP contribution in [0.3, 0.4) is 0 Å². The van der Waals surface area contributed by atoms with Crippen molar-refractivity contribution in [2.75, 3.05) is 13.2 Å². The second-order valence-electron chi connectivity index (χ2n) is 13.1. The predicted octanol–water partition coefficient (Wildman–Crippen LogP) is 8.59. The van der Waals surface area contributed by atoms with Gasteiger partial charge in [-0.05, 0) is 44.4 Å². The van der Waals surface area contributed by atoms with Gasteiger partial charge in [0, 0.05) is 12.8 Å². The molecule has 3 atom stereocenters. The molecular formula is C38H67O10P. The molecule has 0 bridgehead atoms. The Morgan fingerprint density at radius 1 is 0.673 bits per heavy atom. The second-order valence-corrected chi connectivity index (χ2v) is 14.3. The van der Waals surface area contributed by atoms with Crippen LogP contribution in [0.25, 0.3) is 0 Å². The van der Waals surface area contributed by atoms with Gasteiger partial charge < -0.3 is 29.5 Å². The first-order valence-electron chi connectivity index (χ1n) is 18.5. The van der Waals surface area contributed by atoms with Crippen molar-refractivity contribution in [1.82, 2.24) is 0 Å². The number of hydrogen-bond donors (Lipinski definition) is 4. The van der Waals surface area contributed by atoms with E-state index >= 15 is 0 Å². The summed E-state index contributed by atoms with van der Waals surface area (Å²) < 4.78 is 26.1. The maximum atomic E-state index is 12.3. The topological polar surface area (TPSA) is 160 Å². The minimum atomic E-state index is -4.81. The second kappa shape index (κ2) is 31.9. The number of phosphoric acid groups is 1. The highest BCUT2D eigenvalue weighted by atomic mass is 31.2. The van der Waals surface area contributed by atoms with Gasteiger partial charge in [-0.2, -0.15) is 0 Å². The summed E-state index contributed by atoms with van der Waals surface area (Å²) in [5.41, 5.74) is 0. The van der Waals surface area contributed by atoms with Crippen LogP contribution >= 0.6 is 7.82 Å². The fraction of sp³-hybridized carbons (Fsp3) is 0.737. The van der Waals surface area contributed by atoms with Crippen molar-refractivity contribution in [3.63, 3.8) is 0 Å². The highest BCUT2D eigenvalue weighted by Gasteiger charge is 2.23. The zero-order chi connectivity index (χ0) is 36.6. The minimum absolute atomic E-state index is 0.00633. The Labute approximate surface area is 296 Å². The Bertz CT molecular complexity index is 985. The largest absolute Gasteiger partial charge is 0.469 e. The first-order chi connectivity index (χ1) is 23.4. The van der Waals surface area contributed by atoms with Crippen LogP contribution in [0.5, 0.6) is 0 Å². The molecule has 0 heterocycles. The molecule has 0 spiro atoms. The van der Waals surface area contributed by atoms with Crippen LogP contribution in [-0.2, 0) is 28.2 Å². The zero-order valence-electron chi connectivity index (χ0n) is 30.5. The Kier molecular flexibility index (Phi) is 30.5. The van der Waals surface area contributed by atoms with E-state index in [-0.39, 0.29) is 12.8 Å². The molecule has 0 saturated heterocycles. The average molecular weight is 715 g/mol. The molecule has 0 fully saturated rings. The third kappa shape index (κ3) is 35.6. The zero-order valence-corrected chi connectivity index (χ0v) is 31.4. The van der Waals surface area contributed by atoms with E-state index in [0.717, 1.165) is 31.6 Å². The summed E-state index contributed by atoms with van der Waals surface area (Å²) in [7, 11) is -4.81. The lowest BCUT2D eigenvalue weighted by molar-refractivity contribution is -0.161. The van der Waals surface area contributed by atoms with E-state index in [2.05, 4.69) is 31.4 Å². The van der Waals surface area contributed by atoms with E-state index < -0.39 is 51.3 Å². The molecule has 0 amide bonds. The van der Waals surface area contributed by atoms with Crippen molar-refractivity contribution in [2.24, 2.45) is 5.92 Å². The average Bonchev–Trinajstić information content (AvgIpc) is 3.03. The van der Waals surface area contributed by atoms with Crippen LogP contribution in [-0.4, -0.2) is 63.5 Å². The quantitative estimate of drug-likeness (QED) is 0.0175. The van der Waals surface area contributed by atoms with Gasteiger partial charge in [-0.3, -0.25) is 14.1 Å². The van der Waals surface area contributed by atoms with Gasteiger partial charge in [0.2, 0.25) is 0 Å². The number of aliphatic hydroxyl groups is 2. The van der Waals surface area contributed by atoms with E-state index in [1.165, 1.54) is 57.8 Å². The standard InChI is InChI=1S/C38H67O10P/c1-4-5-6-7-14-19-25-34(39)26-20-16-17-21-27-35(40)28-23-30-37(41)46-31-36(32-47-49(43,44)45)48-38(42)29-22-15-12-10-8-9-11-13-18-24-33(2)3/h14,16-17,19-21,26-27,33-36,39-40H,4-13,15,18,22-25,28-32H2,1-3H3,(H2,43,44,45)/b17-16+,19-14-,26-20+,27-21-/t34-,35-,36-/m1/s1. The van der Waals surface area contributed by atoms with Crippen molar-refractivity contribution in [1.29, 1.82) is 0 Å². The molecule has 0 aromatic heterocycles. The van der Waals surface area contributed by atoms with Gasteiger partial charge in [0.05, 0.1) is 18.8 Å². The number of esters is 2. The van der Waals surface area contributed by atoms with Gasteiger partial charge in [0.1, 0.15) is 6.61 Å². The van der Waals surface area contributed by atoms with Crippen molar-refractivity contribution in [3.8, 4) is 0 Å². The summed E-state index contributed by atoms with van der Waals surface area (Å²) in [6.45, 7) is 5.67. The molecule has 11 heteroatoms. The van der Waals surface area contributed by atoms with Crippen LogP contribution < -0.4 is 0 Å². The highest BCUT2D eigenvalue weighted by molar-refractivity contribution is 7.46. The molecule has 4 N–H and O–H groups in total.